The van der Waals surface area contributed by atoms with Gasteiger partial charge in [0, 0.05) is 0 Å². The van der Waals surface area contributed by atoms with Gasteiger partial charge in [-0.25, -0.2) is 0 Å². The van der Waals surface area contributed by atoms with E-state index in [1.807, 2.05) is 0 Å². The van der Waals surface area contributed by atoms with Gasteiger partial charge < -0.3 is 10.2 Å². The molecule has 0 bridgehead atoms. The minimum atomic E-state index is -0.917. The van der Waals surface area contributed by atoms with Gasteiger partial charge in [0.25, 0.3) is 0 Å². The first-order valence-corrected chi connectivity index (χ1v) is 5.46. The van der Waals surface area contributed by atoms with E-state index in [1.54, 1.807) is 0 Å². The average molecular weight is 202 g/mol. The SMILES string of the molecule is CC[C@H](C)CCCC[C@@H](O)CC(=O)O. The fraction of sp³-hybridized carbons (Fsp3) is 0.909. The van der Waals surface area contributed by atoms with E-state index in [2.05, 4.69) is 13.8 Å². The Balaban J connectivity index is 3.31. The molecule has 84 valence electrons. The summed E-state index contributed by atoms with van der Waals surface area (Å²) in [7, 11) is 0. The van der Waals surface area contributed by atoms with Gasteiger partial charge in [-0.2, -0.15) is 0 Å². The Morgan fingerprint density at radius 2 is 1.86 bits per heavy atom. The van der Waals surface area contributed by atoms with Crippen molar-refractivity contribution in [2.24, 2.45) is 5.92 Å². The summed E-state index contributed by atoms with van der Waals surface area (Å²) < 4.78 is 0. The molecule has 0 amide bonds. The summed E-state index contributed by atoms with van der Waals surface area (Å²) in [5.41, 5.74) is 0. The Hall–Kier alpha value is -0.570. The maximum atomic E-state index is 10.2. The predicted molar refractivity (Wildman–Crippen MR) is 56.2 cm³/mol. The van der Waals surface area contributed by atoms with E-state index in [9.17, 15) is 9.90 Å². The number of hydrogen-bond donors (Lipinski definition) is 2. The summed E-state index contributed by atoms with van der Waals surface area (Å²) in [6.07, 6.45) is 4.22. The molecule has 0 fully saturated rings. The summed E-state index contributed by atoms with van der Waals surface area (Å²) in [5, 5.41) is 17.7. The van der Waals surface area contributed by atoms with Crippen molar-refractivity contribution in [2.75, 3.05) is 0 Å². The van der Waals surface area contributed by atoms with Crippen molar-refractivity contribution in [1.29, 1.82) is 0 Å². The number of rotatable bonds is 8. The van der Waals surface area contributed by atoms with Gasteiger partial charge in [-0.3, -0.25) is 4.79 Å². The van der Waals surface area contributed by atoms with E-state index in [4.69, 9.17) is 5.11 Å². The van der Waals surface area contributed by atoms with Crippen LogP contribution in [0.15, 0.2) is 0 Å². The number of carbonyl (C=O) groups is 1. The van der Waals surface area contributed by atoms with E-state index in [0.717, 1.165) is 18.8 Å². The first-order valence-electron chi connectivity index (χ1n) is 5.46. The third kappa shape index (κ3) is 8.05. The van der Waals surface area contributed by atoms with Crippen molar-refractivity contribution in [2.45, 2.75) is 58.5 Å². The molecular formula is C11H22O3. The number of aliphatic carboxylic acids is 1. The summed E-state index contributed by atoms with van der Waals surface area (Å²) in [4.78, 5) is 10.2. The zero-order valence-electron chi connectivity index (χ0n) is 9.20. The number of hydrogen-bond acceptors (Lipinski definition) is 2. The lowest BCUT2D eigenvalue weighted by Crippen LogP contribution is -2.12. The highest BCUT2D eigenvalue weighted by atomic mass is 16.4. The van der Waals surface area contributed by atoms with Gasteiger partial charge in [-0.15, -0.1) is 0 Å². The monoisotopic (exact) mass is 202 g/mol. The van der Waals surface area contributed by atoms with E-state index >= 15 is 0 Å². The van der Waals surface area contributed by atoms with Crippen molar-refractivity contribution in [3.63, 3.8) is 0 Å². The van der Waals surface area contributed by atoms with Crippen LogP contribution in [-0.4, -0.2) is 22.3 Å². The van der Waals surface area contributed by atoms with Gasteiger partial charge in [0.1, 0.15) is 0 Å². The van der Waals surface area contributed by atoms with Crippen LogP contribution in [0.2, 0.25) is 0 Å². The van der Waals surface area contributed by atoms with E-state index in [1.165, 1.54) is 12.8 Å². The maximum Gasteiger partial charge on any atom is 0.305 e. The fourth-order valence-corrected chi connectivity index (χ4v) is 1.38. The molecule has 0 radical (unpaired) electrons. The second kappa shape index (κ2) is 7.80. The Labute approximate surface area is 86.1 Å². The normalized spacial score (nSPS) is 15.1. The van der Waals surface area contributed by atoms with Crippen LogP contribution in [0.3, 0.4) is 0 Å². The molecule has 0 aliphatic heterocycles. The van der Waals surface area contributed by atoms with Crippen molar-refractivity contribution in [3.05, 3.63) is 0 Å². The third-order valence-electron chi connectivity index (χ3n) is 2.59. The average Bonchev–Trinajstić information content (AvgIpc) is 2.10. The topological polar surface area (TPSA) is 57.5 Å². The second-order valence-corrected chi connectivity index (χ2v) is 4.05. The van der Waals surface area contributed by atoms with Crippen LogP contribution in [0.25, 0.3) is 0 Å². The smallest absolute Gasteiger partial charge is 0.305 e. The number of aliphatic hydroxyl groups is 1. The van der Waals surface area contributed by atoms with Crippen molar-refractivity contribution >= 4 is 5.97 Å². The lowest BCUT2D eigenvalue weighted by atomic mass is 9.99. The van der Waals surface area contributed by atoms with Crippen LogP contribution in [-0.2, 0) is 4.79 Å². The molecule has 0 aliphatic rings. The molecule has 0 aromatic heterocycles. The van der Waals surface area contributed by atoms with Crippen molar-refractivity contribution < 1.29 is 15.0 Å². The molecule has 0 unspecified atom stereocenters. The number of aliphatic hydroxyl groups excluding tert-OH is 1. The van der Waals surface area contributed by atoms with E-state index in [0.29, 0.717) is 6.42 Å². The van der Waals surface area contributed by atoms with Gasteiger partial charge in [0.05, 0.1) is 12.5 Å². The molecule has 14 heavy (non-hydrogen) atoms. The van der Waals surface area contributed by atoms with Crippen LogP contribution < -0.4 is 0 Å². The predicted octanol–water partition coefficient (Wildman–Crippen LogP) is 2.43. The second-order valence-electron chi connectivity index (χ2n) is 4.05. The first-order chi connectivity index (χ1) is 6.56. The zero-order chi connectivity index (χ0) is 11.0. The Morgan fingerprint density at radius 3 is 2.36 bits per heavy atom. The molecule has 0 aliphatic carbocycles. The number of carboxylic acids is 1. The lowest BCUT2D eigenvalue weighted by Gasteiger charge is -2.09. The summed E-state index contributed by atoms with van der Waals surface area (Å²) in [5.74, 6) is -0.175. The van der Waals surface area contributed by atoms with Crippen LogP contribution in [0.1, 0.15) is 52.4 Å². The van der Waals surface area contributed by atoms with E-state index < -0.39 is 12.1 Å². The van der Waals surface area contributed by atoms with Crippen LogP contribution in [0.4, 0.5) is 0 Å². The molecule has 0 rings (SSSR count). The summed E-state index contributed by atoms with van der Waals surface area (Å²) >= 11 is 0. The molecule has 0 spiro atoms. The quantitative estimate of drug-likeness (QED) is 0.594. The molecule has 0 aromatic rings. The third-order valence-corrected chi connectivity index (χ3v) is 2.59. The highest BCUT2D eigenvalue weighted by Gasteiger charge is 2.08. The molecule has 0 saturated heterocycles. The molecule has 2 N–H and O–H groups in total. The highest BCUT2D eigenvalue weighted by Crippen LogP contribution is 2.13. The minimum absolute atomic E-state index is 0.122. The molecule has 0 heterocycles. The van der Waals surface area contributed by atoms with Crippen LogP contribution in [0, 0.1) is 5.92 Å². The minimum Gasteiger partial charge on any atom is -0.481 e. The molecule has 3 heteroatoms. The van der Waals surface area contributed by atoms with Gasteiger partial charge in [-0.05, 0) is 12.3 Å². The summed E-state index contributed by atoms with van der Waals surface area (Å²) in [6, 6.07) is 0. The van der Waals surface area contributed by atoms with Gasteiger partial charge in [0.15, 0.2) is 0 Å². The summed E-state index contributed by atoms with van der Waals surface area (Å²) in [6.45, 7) is 4.39. The lowest BCUT2D eigenvalue weighted by molar-refractivity contribution is -0.139. The molecule has 0 aromatic carbocycles. The standard InChI is InChI=1S/C11H22O3/c1-3-9(2)6-4-5-7-10(12)8-11(13)14/h9-10,12H,3-8H2,1-2H3,(H,13,14)/t9-,10+/m0/s1. The highest BCUT2D eigenvalue weighted by molar-refractivity contribution is 5.67. The van der Waals surface area contributed by atoms with Crippen molar-refractivity contribution in [1.82, 2.24) is 0 Å². The molecule has 3 nitrogen and oxygen atoms in total. The van der Waals surface area contributed by atoms with Gasteiger partial charge in [-0.1, -0.05) is 39.5 Å². The van der Waals surface area contributed by atoms with Crippen molar-refractivity contribution in [3.8, 4) is 0 Å². The largest absolute Gasteiger partial charge is 0.481 e. The van der Waals surface area contributed by atoms with Crippen LogP contribution >= 0.6 is 0 Å². The van der Waals surface area contributed by atoms with Crippen LogP contribution in [0.5, 0.6) is 0 Å². The Morgan fingerprint density at radius 1 is 1.29 bits per heavy atom. The molecular weight excluding hydrogens is 180 g/mol. The molecule has 0 saturated carbocycles. The molecule has 2 atom stereocenters. The Kier molecular flexibility index (Phi) is 7.48. The van der Waals surface area contributed by atoms with E-state index in [-0.39, 0.29) is 6.42 Å². The number of unbranched alkanes of at least 4 members (excludes halogenated alkanes) is 1. The van der Waals surface area contributed by atoms with Gasteiger partial charge in [0.2, 0.25) is 0 Å². The fourth-order valence-electron chi connectivity index (χ4n) is 1.38. The maximum absolute atomic E-state index is 10.2. The van der Waals surface area contributed by atoms with Gasteiger partial charge >= 0.3 is 5.97 Å². The number of carboxylic acid groups (broad SMARTS) is 1. The first kappa shape index (κ1) is 13.4. The zero-order valence-corrected chi connectivity index (χ0v) is 9.20. The Bertz CT molecular complexity index is 157.